The van der Waals surface area contributed by atoms with Crippen LogP contribution in [0.25, 0.3) is 0 Å². The first-order chi connectivity index (χ1) is 14.4. The minimum absolute atomic E-state index is 0.0377. The summed E-state index contributed by atoms with van der Waals surface area (Å²) >= 11 is 0. The third kappa shape index (κ3) is 3.40. The molecule has 1 N–H and O–H groups in total. The normalized spacial score (nSPS) is 50.8. The summed E-state index contributed by atoms with van der Waals surface area (Å²) in [6.07, 6.45) is -3.03. The highest BCUT2D eigenvalue weighted by Gasteiger charge is 2.68. The number of carbonyl (C=O) groups is 2. The highest BCUT2D eigenvalue weighted by atomic mass is 16.9. The Bertz CT molecular complexity index is 777. The monoisotopic (exact) mass is 440 g/mol. The third-order valence-corrected chi connectivity index (χ3v) is 7.39. The number of hydrogen-bond donors (Lipinski definition) is 1. The highest BCUT2D eigenvalue weighted by Crippen LogP contribution is 2.59. The van der Waals surface area contributed by atoms with Crippen molar-refractivity contribution in [3.63, 3.8) is 0 Å². The van der Waals surface area contributed by atoms with Gasteiger partial charge in [0.05, 0.1) is 17.9 Å². The summed E-state index contributed by atoms with van der Waals surface area (Å²) in [6.45, 7) is 10.4. The van der Waals surface area contributed by atoms with E-state index in [4.69, 9.17) is 28.4 Å². The van der Waals surface area contributed by atoms with Gasteiger partial charge < -0.3 is 33.5 Å². The second kappa shape index (κ2) is 6.87. The van der Waals surface area contributed by atoms with Crippen LogP contribution < -0.4 is 0 Å². The van der Waals surface area contributed by atoms with Crippen molar-refractivity contribution in [3.05, 3.63) is 0 Å². The van der Waals surface area contributed by atoms with Crippen LogP contribution in [0.4, 0.5) is 0 Å². The van der Waals surface area contributed by atoms with Crippen LogP contribution in [0.1, 0.15) is 53.9 Å². The first kappa shape index (κ1) is 21.6. The quantitative estimate of drug-likeness (QED) is 0.650. The van der Waals surface area contributed by atoms with Crippen molar-refractivity contribution in [2.45, 2.75) is 96.7 Å². The van der Waals surface area contributed by atoms with E-state index in [9.17, 15) is 14.7 Å². The molecule has 5 rings (SSSR count). The molecule has 10 atom stereocenters. The van der Waals surface area contributed by atoms with Gasteiger partial charge in [-0.1, -0.05) is 27.7 Å². The summed E-state index contributed by atoms with van der Waals surface area (Å²) in [4.78, 5) is 25.6. The molecule has 174 valence electrons. The largest absolute Gasteiger partial charge is 0.454 e. The number of fused-ring (bicyclic) bond motifs is 3. The Kier molecular flexibility index (Phi) is 4.78. The van der Waals surface area contributed by atoms with E-state index < -0.39 is 54.2 Å². The SMILES string of the molecule is CC1CC1(CC(C)(C)C)C(=O)OC1C(=O)OC2C3OC(C)(C4CCOC4O)OC3OC12. The predicted molar refractivity (Wildman–Crippen MR) is 103 cm³/mol. The molecule has 0 spiro atoms. The van der Waals surface area contributed by atoms with Crippen LogP contribution in [0.15, 0.2) is 0 Å². The number of aliphatic hydroxyl groups excluding tert-OH is 1. The van der Waals surface area contributed by atoms with E-state index in [-0.39, 0.29) is 23.2 Å². The molecule has 0 amide bonds. The lowest BCUT2D eigenvalue weighted by molar-refractivity contribution is -0.270. The van der Waals surface area contributed by atoms with Gasteiger partial charge in [-0.25, -0.2) is 4.79 Å². The van der Waals surface area contributed by atoms with Gasteiger partial charge in [-0.15, -0.1) is 0 Å². The van der Waals surface area contributed by atoms with Gasteiger partial charge in [-0.2, -0.15) is 0 Å². The Balaban J connectivity index is 1.27. The number of esters is 2. The Hall–Kier alpha value is -1.26. The molecule has 10 unspecified atom stereocenters. The molecule has 0 aromatic carbocycles. The van der Waals surface area contributed by atoms with E-state index >= 15 is 0 Å². The number of carbonyl (C=O) groups excluding carboxylic acids is 2. The number of aliphatic hydroxyl groups is 1. The Morgan fingerprint density at radius 1 is 1.23 bits per heavy atom. The molecule has 4 saturated heterocycles. The average molecular weight is 440 g/mol. The van der Waals surface area contributed by atoms with Crippen molar-refractivity contribution in [1.82, 2.24) is 0 Å². The van der Waals surface area contributed by atoms with Gasteiger partial charge in [0.15, 0.2) is 30.6 Å². The fraction of sp³-hybridized carbons (Fsp3) is 0.909. The molecule has 0 aromatic rings. The van der Waals surface area contributed by atoms with Gasteiger partial charge in [0, 0.05) is 0 Å². The van der Waals surface area contributed by atoms with E-state index in [1.807, 2.05) is 6.92 Å². The topological polar surface area (TPSA) is 110 Å². The molecular formula is C22H32O9. The van der Waals surface area contributed by atoms with E-state index in [1.54, 1.807) is 6.92 Å². The average Bonchev–Trinajstić information content (AvgIpc) is 3.06. The summed E-state index contributed by atoms with van der Waals surface area (Å²) in [5, 5.41) is 10.1. The van der Waals surface area contributed by atoms with E-state index in [0.717, 1.165) is 6.42 Å². The molecule has 0 aromatic heterocycles. The van der Waals surface area contributed by atoms with Crippen LogP contribution in [0.2, 0.25) is 0 Å². The molecule has 5 aliphatic rings. The molecule has 0 bridgehead atoms. The Morgan fingerprint density at radius 3 is 2.52 bits per heavy atom. The minimum atomic E-state index is -1.13. The van der Waals surface area contributed by atoms with Crippen LogP contribution >= 0.6 is 0 Å². The van der Waals surface area contributed by atoms with Gasteiger partial charge in [0.1, 0.15) is 6.10 Å². The smallest absolute Gasteiger partial charge is 0.350 e. The van der Waals surface area contributed by atoms with Crippen LogP contribution in [-0.2, 0) is 38.0 Å². The van der Waals surface area contributed by atoms with E-state index in [2.05, 4.69) is 20.8 Å². The molecule has 4 heterocycles. The van der Waals surface area contributed by atoms with Crippen LogP contribution in [-0.4, -0.2) is 66.4 Å². The molecule has 9 nitrogen and oxygen atoms in total. The zero-order valence-corrected chi connectivity index (χ0v) is 18.7. The third-order valence-electron chi connectivity index (χ3n) is 7.39. The second-order valence-electron chi connectivity index (χ2n) is 11.1. The molecule has 5 fully saturated rings. The first-order valence-corrected chi connectivity index (χ1v) is 11.2. The molecule has 1 saturated carbocycles. The van der Waals surface area contributed by atoms with Gasteiger partial charge in [0.25, 0.3) is 0 Å². The van der Waals surface area contributed by atoms with Gasteiger partial charge in [-0.3, -0.25) is 4.79 Å². The number of ether oxygens (including phenoxy) is 6. The van der Waals surface area contributed by atoms with Crippen molar-refractivity contribution in [2.24, 2.45) is 22.7 Å². The maximum absolute atomic E-state index is 13.1. The van der Waals surface area contributed by atoms with Gasteiger partial charge >= 0.3 is 11.9 Å². The minimum Gasteiger partial charge on any atom is -0.454 e. The van der Waals surface area contributed by atoms with Crippen LogP contribution in [0, 0.1) is 22.7 Å². The zero-order chi connectivity index (χ0) is 22.3. The van der Waals surface area contributed by atoms with Crippen molar-refractivity contribution >= 4 is 11.9 Å². The lowest BCUT2D eigenvalue weighted by Gasteiger charge is -2.32. The molecule has 31 heavy (non-hydrogen) atoms. The number of hydrogen-bond acceptors (Lipinski definition) is 9. The summed E-state index contributed by atoms with van der Waals surface area (Å²) in [6, 6.07) is 0. The molecule has 0 radical (unpaired) electrons. The van der Waals surface area contributed by atoms with Crippen LogP contribution in [0.5, 0.6) is 0 Å². The van der Waals surface area contributed by atoms with Gasteiger partial charge in [0.2, 0.25) is 6.10 Å². The summed E-state index contributed by atoms with van der Waals surface area (Å²) in [5.74, 6) is -2.26. The molecule has 4 aliphatic heterocycles. The summed E-state index contributed by atoms with van der Waals surface area (Å²) < 4.78 is 34.5. The van der Waals surface area contributed by atoms with Crippen LogP contribution in [0.3, 0.4) is 0 Å². The second-order valence-corrected chi connectivity index (χ2v) is 11.1. The predicted octanol–water partition coefficient (Wildman–Crippen LogP) is 1.50. The van der Waals surface area contributed by atoms with Crippen molar-refractivity contribution in [1.29, 1.82) is 0 Å². The fourth-order valence-electron chi connectivity index (χ4n) is 5.77. The summed E-state index contributed by atoms with van der Waals surface area (Å²) in [7, 11) is 0. The summed E-state index contributed by atoms with van der Waals surface area (Å²) in [5.41, 5.74) is -0.598. The standard InChI is InChI=1S/C22H32O9/c1-10-8-22(10,9-20(2,3)4)19(25)29-14-12-13(27-17(14)24)15-18(28-12)31-21(5,30-15)11-6-7-26-16(11)23/h10-16,18,23H,6-9H2,1-5H3. The van der Waals surface area contributed by atoms with Crippen molar-refractivity contribution in [2.75, 3.05) is 6.61 Å². The maximum atomic E-state index is 13.1. The van der Waals surface area contributed by atoms with E-state index in [0.29, 0.717) is 19.4 Å². The van der Waals surface area contributed by atoms with Crippen molar-refractivity contribution in [3.8, 4) is 0 Å². The van der Waals surface area contributed by atoms with Gasteiger partial charge in [-0.05, 0) is 37.5 Å². The maximum Gasteiger partial charge on any atom is 0.350 e. The van der Waals surface area contributed by atoms with Crippen molar-refractivity contribution < 1.29 is 43.1 Å². The highest BCUT2D eigenvalue weighted by molar-refractivity contribution is 5.86. The lowest BCUT2D eigenvalue weighted by atomic mass is 9.81. The number of rotatable bonds is 4. The molecule has 1 aliphatic carbocycles. The Morgan fingerprint density at radius 2 is 1.94 bits per heavy atom. The Labute approximate surface area is 181 Å². The zero-order valence-electron chi connectivity index (χ0n) is 18.7. The molecule has 9 heteroatoms. The van der Waals surface area contributed by atoms with E-state index in [1.165, 1.54) is 0 Å². The molecular weight excluding hydrogens is 408 g/mol. The lowest BCUT2D eigenvalue weighted by Crippen LogP contribution is -2.44. The fourth-order valence-corrected chi connectivity index (χ4v) is 5.77. The first-order valence-electron chi connectivity index (χ1n) is 11.2.